The highest BCUT2D eigenvalue weighted by molar-refractivity contribution is 6.20. The summed E-state index contributed by atoms with van der Waals surface area (Å²) >= 11 is 11.5. The van der Waals surface area contributed by atoms with Crippen LogP contribution in [0.15, 0.2) is 11.1 Å². The van der Waals surface area contributed by atoms with Gasteiger partial charge in [0, 0.05) is 17.7 Å². The molecule has 0 heterocycles. The first kappa shape index (κ1) is 15.6. The van der Waals surface area contributed by atoms with E-state index in [1.165, 1.54) is 0 Å². The molecule has 0 aromatic heterocycles. The maximum absolute atomic E-state index is 11.5. The summed E-state index contributed by atoms with van der Waals surface area (Å²) < 4.78 is 6.14. The first-order valence-electron chi connectivity index (χ1n) is 5.05. The fourth-order valence-electron chi connectivity index (χ4n) is 0.833. The summed E-state index contributed by atoms with van der Waals surface area (Å²) in [5.74, 6) is 0.435. The number of ether oxygens (including phenoxy) is 1. The monoisotopic (exact) mass is 267 g/mol. The van der Waals surface area contributed by atoms with E-state index in [-0.39, 0.29) is 0 Å². The third-order valence-corrected chi connectivity index (χ3v) is 2.56. The van der Waals surface area contributed by atoms with Crippen LogP contribution in [0.25, 0.3) is 0 Å². The summed E-state index contributed by atoms with van der Waals surface area (Å²) in [5.41, 5.74) is 1.44. The van der Waals surface area contributed by atoms with Gasteiger partial charge in [0.15, 0.2) is 0 Å². The van der Waals surface area contributed by atoms with Crippen LogP contribution < -0.4 is 0 Å². The van der Waals surface area contributed by atoms with Gasteiger partial charge in [0.05, 0.1) is 6.54 Å². The number of hydrogen-bond acceptors (Lipinski definition) is 2. The number of halogens is 2. The molecule has 0 rings (SSSR count). The molecule has 0 saturated carbocycles. The van der Waals surface area contributed by atoms with E-state index in [9.17, 15) is 4.79 Å². The molecular weight excluding hydrogens is 249 g/mol. The number of allylic oxidation sites excluding steroid dienone is 1. The molecule has 0 spiro atoms. The highest BCUT2D eigenvalue weighted by Gasteiger charge is 2.21. The lowest BCUT2D eigenvalue weighted by Gasteiger charge is -2.23. The Kier molecular flexibility index (Phi) is 6.19. The molecule has 0 N–H and O–H groups in total. The molecule has 0 aliphatic heterocycles. The Morgan fingerprint density at radius 1 is 1.25 bits per heavy atom. The van der Waals surface area contributed by atoms with Gasteiger partial charge in [-0.3, -0.25) is 0 Å². The second-order valence-corrected chi connectivity index (χ2v) is 5.37. The second-order valence-electron chi connectivity index (χ2n) is 4.69. The van der Waals surface area contributed by atoms with Gasteiger partial charge in [0.1, 0.15) is 5.60 Å². The van der Waals surface area contributed by atoms with Gasteiger partial charge in [-0.1, -0.05) is 11.1 Å². The first-order chi connectivity index (χ1) is 7.17. The smallest absolute Gasteiger partial charge is 0.425 e. The van der Waals surface area contributed by atoms with Crippen molar-refractivity contribution in [1.82, 2.24) is 4.42 Å². The molecule has 0 fully saturated rings. The van der Waals surface area contributed by atoms with E-state index in [0.717, 1.165) is 15.6 Å². The minimum absolute atomic E-state index is 0.315. The molecule has 16 heavy (non-hydrogen) atoms. The quantitative estimate of drug-likeness (QED) is 0.440. The van der Waals surface area contributed by atoms with E-state index in [1.54, 1.807) is 20.8 Å². The van der Waals surface area contributed by atoms with Gasteiger partial charge in [-0.2, -0.15) is 0 Å². The molecular formula is C11H19Cl2NO2. The molecule has 3 nitrogen and oxygen atoms in total. The van der Waals surface area contributed by atoms with Crippen molar-refractivity contribution in [3.8, 4) is 0 Å². The largest absolute Gasteiger partial charge is 0.443 e. The van der Waals surface area contributed by atoms with Crippen LogP contribution >= 0.6 is 23.4 Å². The van der Waals surface area contributed by atoms with E-state index in [0.29, 0.717) is 12.4 Å². The SMILES string of the molecule is C/C(CCl)=C(/C)CN(Cl)C(=O)OC(C)(C)C. The van der Waals surface area contributed by atoms with Crippen molar-refractivity contribution in [3.05, 3.63) is 11.1 Å². The van der Waals surface area contributed by atoms with Crippen LogP contribution in [0, 0.1) is 0 Å². The predicted octanol–water partition coefficient (Wildman–Crippen LogP) is 3.95. The van der Waals surface area contributed by atoms with Crippen LogP contribution in [-0.4, -0.2) is 28.5 Å². The minimum Gasteiger partial charge on any atom is -0.443 e. The number of nitrogens with zero attached hydrogens (tertiary/aromatic N) is 1. The van der Waals surface area contributed by atoms with Crippen molar-refractivity contribution < 1.29 is 9.53 Å². The number of hydrogen-bond donors (Lipinski definition) is 0. The van der Waals surface area contributed by atoms with Gasteiger partial charge < -0.3 is 4.74 Å². The Morgan fingerprint density at radius 2 is 1.75 bits per heavy atom. The van der Waals surface area contributed by atoms with Crippen LogP contribution in [0.5, 0.6) is 0 Å². The number of carbonyl (C=O) groups is 1. The fraction of sp³-hybridized carbons (Fsp3) is 0.727. The van der Waals surface area contributed by atoms with E-state index in [2.05, 4.69) is 0 Å². The minimum atomic E-state index is -0.545. The van der Waals surface area contributed by atoms with Crippen LogP contribution in [0.2, 0.25) is 0 Å². The zero-order valence-corrected chi connectivity index (χ0v) is 11.9. The Labute approximate surface area is 107 Å². The van der Waals surface area contributed by atoms with Gasteiger partial charge in [-0.05, 0) is 34.6 Å². The van der Waals surface area contributed by atoms with Gasteiger partial charge in [0.2, 0.25) is 0 Å². The van der Waals surface area contributed by atoms with Crippen molar-refractivity contribution in [3.63, 3.8) is 0 Å². The van der Waals surface area contributed by atoms with E-state index in [4.69, 9.17) is 28.1 Å². The third-order valence-electron chi connectivity index (χ3n) is 1.90. The molecule has 0 unspecified atom stereocenters. The Morgan fingerprint density at radius 3 is 2.12 bits per heavy atom. The standard InChI is InChI=1S/C11H19Cl2NO2/c1-8(6-12)9(2)7-14(13)10(15)16-11(3,4)5/h6-7H2,1-5H3/b9-8+. The summed E-state index contributed by atoms with van der Waals surface area (Å²) in [4.78, 5) is 11.5. The topological polar surface area (TPSA) is 29.5 Å². The van der Waals surface area contributed by atoms with Gasteiger partial charge in [0.25, 0.3) is 0 Å². The van der Waals surface area contributed by atoms with Crippen molar-refractivity contribution in [1.29, 1.82) is 0 Å². The fourth-order valence-corrected chi connectivity index (χ4v) is 1.28. The summed E-state index contributed by atoms with van der Waals surface area (Å²) in [6.45, 7) is 9.49. The third kappa shape index (κ3) is 6.23. The molecule has 0 atom stereocenters. The molecule has 5 heteroatoms. The maximum Gasteiger partial charge on any atom is 0.425 e. The van der Waals surface area contributed by atoms with Gasteiger partial charge in [-0.25, -0.2) is 9.21 Å². The predicted molar refractivity (Wildman–Crippen MR) is 67.9 cm³/mol. The number of carbonyl (C=O) groups excluding carboxylic acids is 1. The lowest BCUT2D eigenvalue weighted by molar-refractivity contribution is 0.0403. The molecule has 0 bridgehead atoms. The van der Waals surface area contributed by atoms with Crippen molar-refractivity contribution >= 4 is 29.5 Å². The second kappa shape index (κ2) is 6.36. The van der Waals surface area contributed by atoms with E-state index < -0.39 is 11.7 Å². The van der Waals surface area contributed by atoms with Crippen LogP contribution in [-0.2, 0) is 4.74 Å². The maximum atomic E-state index is 11.5. The zero-order chi connectivity index (χ0) is 12.9. The first-order valence-corrected chi connectivity index (χ1v) is 5.92. The van der Waals surface area contributed by atoms with Crippen molar-refractivity contribution in [2.75, 3.05) is 12.4 Å². The Balaban J connectivity index is 4.38. The Bertz CT molecular complexity index is 282. The lowest BCUT2D eigenvalue weighted by atomic mass is 10.2. The van der Waals surface area contributed by atoms with Crippen LogP contribution in [0.3, 0.4) is 0 Å². The molecule has 0 aromatic carbocycles. The van der Waals surface area contributed by atoms with Crippen LogP contribution in [0.1, 0.15) is 34.6 Å². The molecule has 0 aliphatic rings. The number of amides is 1. The average molecular weight is 268 g/mol. The Hall–Kier alpha value is -0.410. The van der Waals surface area contributed by atoms with Crippen LogP contribution in [0.4, 0.5) is 4.79 Å². The van der Waals surface area contributed by atoms with Crippen molar-refractivity contribution in [2.45, 2.75) is 40.2 Å². The van der Waals surface area contributed by atoms with E-state index in [1.807, 2.05) is 13.8 Å². The summed E-state index contributed by atoms with van der Waals surface area (Å²) in [7, 11) is 0. The lowest BCUT2D eigenvalue weighted by Crippen LogP contribution is -2.32. The highest BCUT2D eigenvalue weighted by Crippen LogP contribution is 2.14. The molecule has 94 valence electrons. The number of alkyl halides is 1. The summed E-state index contributed by atoms with van der Waals surface area (Å²) in [5, 5.41) is 0. The van der Waals surface area contributed by atoms with Gasteiger partial charge in [-0.15, -0.1) is 11.6 Å². The van der Waals surface area contributed by atoms with Gasteiger partial charge >= 0.3 is 6.09 Å². The summed E-state index contributed by atoms with van der Waals surface area (Å²) in [6, 6.07) is 0. The molecule has 0 saturated heterocycles. The normalized spacial score (nSPS) is 13.2. The highest BCUT2D eigenvalue weighted by atomic mass is 35.5. The molecule has 0 aromatic rings. The molecule has 1 amide bonds. The van der Waals surface area contributed by atoms with E-state index >= 15 is 0 Å². The number of rotatable bonds is 3. The zero-order valence-electron chi connectivity index (χ0n) is 10.4. The van der Waals surface area contributed by atoms with Crippen molar-refractivity contribution in [2.24, 2.45) is 0 Å². The average Bonchev–Trinajstić information content (AvgIpc) is 2.13. The summed E-state index contributed by atoms with van der Waals surface area (Å²) in [6.07, 6.45) is -0.545. The molecule has 0 radical (unpaired) electrons. The molecule has 0 aliphatic carbocycles.